The lowest BCUT2D eigenvalue weighted by Gasteiger charge is -2.05. The Kier molecular flexibility index (Phi) is 4.25. The van der Waals surface area contributed by atoms with Crippen LogP contribution < -0.4 is 5.32 Å². The number of hydrogen-bond acceptors (Lipinski definition) is 4. The number of nitriles is 1. The van der Waals surface area contributed by atoms with Crippen molar-refractivity contribution in [2.45, 2.75) is 26.8 Å². The first-order chi connectivity index (χ1) is 7.17. The number of amides is 1. The minimum Gasteiger partial charge on any atom is -0.348 e. The van der Waals surface area contributed by atoms with Gasteiger partial charge in [-0.3, -0.25) is 4.79 Å². The fourth-order valence-corrected chi connectivity index (χ4v) is 1.83. The Morgan fingerprint density at radius 3 is 3.00 bits per heavy atom. The summed E-state index contributed by atoms with van der Waals surface area (Å²) < 4.78 is 0. The third-order valence-electron chi connectivity index (χ3n) is 1.96. The van der Waals surface area contributed by atoms with Crippen molar-refractivity contribution in [2.75, 3.05) is 0 Å². The molecule has 1 heterocycles. The molecule has 5 heteroatoms. The maximum absolute atomic E-state index is 11.4. The predicted octanol–water partition coefficient (Wildman–Crippen LogP) is 1.62. The third kappa shape index (κ3) is 3.33. The van der Waals surface area contributed by atoms with E-state index >= 15 is 0 Å². The second-order valence-corrected chi connectivity index (χ2v) is 4.49. The quantitative estimate of drug-likeness (QED) is 0.843. The number of carbonyl (C=O) groups excluding carboxylic acids is 1. The van der Waals surface area contributed by atoms with Crippen molar-refractivity contribution in [3.8, 4) is 6.07 Å². The summed E-state index contributed by atoms with van der Waals surface area (Å²) in [7, 11) is 0. The van der Waals surface area contributed by atoms with Crippen LogP contribution in [0.2, 0.25) is 0 Å². The highest BCUT2D eigenvalue weighted by Gasteiger charge is 2.14. The molecular formula is C10H13N3OS. The van der Waals surface area contributed by atoms with Gasteiger partial charge in [-0.1, -0.05) is 6.92 Å². The lowest BCUT2D eigenvalue weighted by atomic mass is 10.1. The molecule has 0 saturated carbocycles. The van der Waals surface area contributed by atoms with Gasteiger partial charge in [0.1, 0.15) is 10.9 Å². The molecule has 1 aromatic rings. The van der Waals surface area contributed by atoms with Crippen LogP contribution in [0.3, 0.4) is 0 Å². The van der Waals surface area contributed by atoms with Gasteiger partial charge >= 0.3 is 0 Å². The Morgan fingerprint density at radius 2 is 2.53 bits per heavy atom. The first-order valence-electron chi connectivity index (χ1n) is 4.76. The molecule has 0 bridgehead atoms. The fraction of sp³-hybridized carbons (Fsp3) is 0.500. The van der Waals surface area contributed by atoms with Crippen molar-refractivity contribution in [1.82, 2.24) is 10.3 Å². The van der Waals surface area contributed by atoms with E-state index in [1.165, 1.54) is 0 Å². The molecule has 0 aliphatic carbocycles. The number of rotatable bonds is 4. The summed E-state index contributed by atoms with van der Waals surface area (Å²) in [6, 6.07) is 1.96. The molecule has 0 aromatic carbocycles. The van der Waals surface area contributed by atoms with Gasteiger partial charge in [0.15, 0.2) is 0 Å². The lowest BCUT2D eigenvalue weighted by Crippen LogP contribution is -2.29. The van der Waals surface area contributed by atoms with E-state index in [9.17, 15) is 4.79 Å². The average Bonchev–Trinajstić information content (AvgIpc) is 2.63. The smallest absolute Gasteiger partial charge is 0.237 e. The minimum absolute atomic E-state index is 0.215. The van der Waals surface area contributed by atoms with Crippen LogP contribution in [-0.4, -0.2) is 10.9 Å². The summed E-state index contributed by atoms with van der Waals surface area (Å²) in [5.41, 5.74) is 0. The average molecular weight is 223 g/mol. The number of hydrogen-bond donors (Lipinski definition) is 1. The van der Waals surface area contributed by atoms with Crippen LogP contribution in [0.1, 0.15) is 23.2 Å². The molecule has 0 aliphatic rings. The molecule has 1 aromatic heterocycles. The normalized spacial score (nSPS) is 11.8. The zero-order valence-electron chi connectivity index (χ0n) is 8.78. The molecule has 1 rings (SSSR count). The monoisotopic (exact) mass is 223 g/mol. The molecule has 1 N–H and O–H groups in total. The van der Waals surface area contributed by atoms with E-state index in [-0.39, 0.29) is 5.91 Å². The van der Waals surface area contributed by atoms with Crippen molar-refractivity contribution < 1.29 is 4.79 Å². The number of carbonyl (C=O) groups is 1. The highest BCUT2D eigenvalue weighted by atomic mass is 32.1. The zero-order chi connectivity index (χ0) is 11.3. The van der Waals surface area contributed by atoms with Gasteiger partial charge in [-0.25, -0.2) is 4.98 Å². The molecule has 0 fully saturated rings. The largest absolute Gasteiger partial charge is 0.348 e. The molecule has 0 saturated heterocycles. The maximum atomic E-state index is 11.4. The number of nitrogens with one attached hydrogen (secondary N) is 1. The van der Waals surface area contributed by atoms with Crippen molar-refractivity contribution in [1.29, 1.82) is 5.26 Å². The zero-order valence-corrected chi connectivity index (χ0v) is 9.60. The second-order valence-electron chi connectivity index (χ2n) is 3.17. The number of aryl methyl sites for hydroxylation is 1. The Morgan fingerprint density at radius 1 is 1.80 bits per heavy atom. The van der Waals surface area contributed by atoms with Crippen LogP contribution >= 0.6 is 11.3 Å². The van der Waals surface area contributed by atoms with Gasteiger partial charge in [-0.05, 0) is 13.3 Å². The molecule has 1 atom stereocenters. The van der Waals surface area contributed by atoms with E-state index in [4.69, 9.17) is 5.26 Å². The van der Waals surface area contributed by atoms with Crippen molar-refractivity contribution in [3.63, 3.8) is 0 Å². The van der Waals surface area contributed by atoms with Gasteiger partial charge in [-0.2, -0.15) is 5.26 Å². The van der Waals surface area contributed by atoms with Gasteiger partial charge in [0.25, 0.3) is 0 Å². The second kappa shape index (κ2) is 5.47. The first-order valence-corrected chi connectivity index (χ1v) is 5.57. The number of thiazole rings is 1. The maximum Gasteiger partial charge on any atom is 0.237 e. The Bertz CT molecular complexity index is 380. The van der Waals surface area contributed by atoms with Gasteiger partial charge < -0.3 is 5.32 Å². The van der Waals surface area contributed by atoms with E-state index in [1.807, 2.05) is 19.9 Å². The Balaban J connectivity index is 2.44. The van der Waals surface area contributed by atoms with Crippen molar-refractivity contribution in [2.24, 2.45) is 5.92 Å². The van der Waals surface area contributed by atoms with Crippen LogP contribution in [0.15, 0.2) is 6.20 Å². The van der Waals surface area contributed by atoms with E-state index in [0.717, 1.165) is 9.88 Å². The standard InChI is InChI=1S/C10H13N3OS/c1-3-8(4-11)10(14)13-6-9-12-5-7(2)15-9/h5,8H,3,6H2,1-2H3,(H,13,14). The molecule has 1 unspecified atom stereocenters. The molecule has 15 heavy (non-hydrogen) atoms. The molecule has 4 nitrogen and oxygen atoms in total. The molecular weight excluding hydrogens is 210 g/mol. The van der Waals surface area contributed by atoms with Gasteiger partial charge in [0.2, 0.25) is 5.91 Å². The van der Waals surface area contributed by atoms with Crippen molar-refractivity contribution >= 4 is 17.2 Å². The minimum atomic E-state index is -0.550. The van der Waals surface area contributed by atoms with Crippen LogP contribution in [0.5, 0.6) is 0 Å². The molecule has 80 valence electrons. The van der Waals surface area contributed by atoms with Crippen molar-refractivity contribution in [3.05, 3.63) is 16.1 Å². The summed E-state index contributed by atoms with van der Waals surface area (Å²) >= 11 is 1.55. The summed E-state index contributed by atoms with van der Waals surface area (Å²) in [4.78, 5) is 16.7. The fourth-order valence-electron chi connectivity index (χ4n) is 1.10. The topological polar surface area (TPSA) is 65.8 Å². The Hall–Kier alpha value is -1.41. The Labute approximate surface area is 92.9 Å². The van der Waals surface area contributed by atoms with Gasteiger partial charge in [0, 0.05) is 11.1 Å². The molecule has 1 amide bonds. The summed E-state index contributed by atoms with van der Waals surface area (Å²) in [6.45, 7) is 4.20. The van der Waals surface area contributed by atoms with Crippen LogP contribution in [0.4, 0.5) is 0 Å². The highest BCUT2D eigenvalue weighted by Crippen LogP contribution is 2.10. The summed E-state index contributed by atoms with van der Waals surface area (Å²) in [6.07, 6.45) is 2.31. The molecule has 0 aliphatic heterocycles. The van der Waals surface area contributed by atoms with E-state index in [0.29, 0.717) is 13.0 Å². The third-order valence-corrected chi connectivity index (χ3v) is 2.88. The van der Waals surface area contributed by atoms with Crippen LogP contribution in [0.25, 0.3) is 0 Å². The van der Waals surface area contributed by atoms with Crippen LogP contribution in [-0.2, 0) is 11.3 Å². The summed E-state index contributed by atoms with van der Waals surface area (Å²) in [5.74, 6) is -0.765. The van der Waals surface area contributed by atoms with Crippen LogP contribution in [0, 0.1) is 24.2 Å². The van der Waals surface area contributed by atoms with E-state index in [1.54, 1.807) is 17.5 Å². The van der Waals surface area contributed by atoms with E-state index in [2.05, 4.69) is 10.3 Å². The molecule has 0 radical (unpaired) electrons. The van der Waals surface area contributed by atoms with Gasteiger partial charge in [-0.15, -0.1) is 11.3 Å². The first kappa shape index (κ1) is 11.7. The lowest BCUT2D eigenvalue weighted by molar-refractivity contribution is -0.123. The molecule has 0 spiro atoms. The summed E-state index contributed by atoms with van der Waals surface area (Å²) in [5, 5.41) is 12.2. The highest BCUT2D eigenvalue weighted by molar-refractivity contribution is 7.11. The van der Waals surface area contributed by atoms with Gasteiger partial charge in [0.05, 0.1) is 12.6 Å². The number of aromatic nitrogens is 1. The van der Waals surface area contributed by atoms with E-state index < -0.39 is 5.92 Å². The predicted molar refractivity (Wildman–Crippen MR) is 58.1 cm³/mol. The SMILES string of the molecule is CCC(C#N)C(=O)NCc1ncc(C)s1. The number of nitrogens with zero attached hydrogens (tertiary/aromatic N) is 2.